The summed E-state index contributed by atoms with van der Waals surface area (Å²) in [6.07, 6.45) is 68.6. The van der Waals surface area contributed by atoms with Gasteiger partial charge in [0.25, 0.3) is 0 Å². The molecule has 0 amide bonds. The van der Waals surface area contributed by atoms with Crippen molar-refractivity contribution in [1.29, 1.82) is 0 Å². The highest BCUT2D eigenvalue weighted by Crippen LogP contribution is 2.16. The Balaban J connectivity index is 4.24. The maximum Gasteiger partial charge on any atom is 0.306 e. The SMILES string of the molecule is CCCCCCC/C=C\C/C=C\CCCCCCCCCCCCCC(=O)OCC(COC(=O)CCCCCCCCCCCC)OC(=O)CCCCCCCCC/C=C\CCCCCCCC. The second-order valence-electron chi connectivity index (χ2n) is 20.3. The minimum atomic E-state index is -0.771. The monoisotopic (exact) mass is 955 g/mol. The van der Waals surface area contributed by atoms with Gasteiger partial charge >= 0.3 is 17.9 Å². The van der Waals surface area contributed by atoms with E-state index in [1.165, 1.54) is 218 Å². The minimum absolute atomic E-state index is 0.0708. The zero-order valence-electron chi connectivity index (χ0n) is 45.6. The molecule has 68 heavy (non-hydrogen) atoms. The normalized spacial score (nSPS) is 12.2. The molecule has 398 valence electrons. The number of allylic oxidation sites excluding steroid dienone is 6. The fourth-order valence-corrected chi connectivity index (χ4v) is 8.82. The fourth-order valence-electron chi connectivity index (χ4n) is 8.82. The Hall–Kier alpha value is -2.37. The lowest BCUT2D eigenvalue weighted by atomic mass is 10.0. The average Bonchev–Trinajstić information content (AvgIpc) is 3.34. The standard InChI is InChI=1S/C62H114O6/c1-4-7-10-13-16-19-22-24-26-28-29-30-31-32-33-35-36-38-40-43-46-49-52-55-61(64)67-58-59(57-66-60(63)54-51-48-45-42-21-18-15-12-9-6-3)68-62(65)56-53-50-47-44-41-39-37-34-27-25-23-20-17-14-11-8-5-2/h22,24-25,27-29,59H,4-21,23,26,30-58H2,1-3H3/b24-22-,27-25-,29-28-. The van der Waals surface area contributed by atoms with Crippen LogP contribution in [0.2, 0.25) is 0 Å². The van der Waals surface area contributed by atoms with Crippen LogP contribution in [-0.4, -0.2) is 37.2 Å². The lowest BCUT2D eigenvalue weighted by Gasteiger charge is -2.18. The summed E-state index contributed by atoms with van der Waals surface area (Å²) in [6.45, 7) is 6.65. The van der Waals surface area contributed by atoms with Gasteiger partial charge in [-0.05, 0) is 77.0 Å². The quantitative estimate of drug-likeness (QED) is 0.0262. The van der Waals surface area contributed by atoms with Crippen molar-refractivity contribution in [2.24, 2.45) is 0 Å². The number of carbonyl (C=O) groups excluding carboxylic acids is 3. The van der Waals surface area contributed by atoms with Crippen LogP contribution in [0.25, 0.3) is 0 Å². The van der Waals surface area contributed by atoms with E-state index in [1.54, 1.807) is 0 Å². The van der Waals surface area contributed by atoms with Crippen LogP contribution in [0.5, 0.6) is 0 Å². The molecule has 0 saturated carbocycles. The van der Waals surface area contributed by atoms with E-state index in [4.69, 9.17) is 14.2 Å². The summed E-state index contributed by atoms with van der Waals surface area (Å²) in [5, 5.41) is 0. The highest BCUT2D eigenvalue weighted by atomic mass is 16.6. The lowest BCUT2D eigenvalue weighted by Crippen LogP contribution is -2.30. The molecule has 0 heterocycles. The minimum Gasteiger partial charge on any atom is -0.462 e. The molecular weight excluding hydrogens is 841 g/mol. The second-order valence-corrected chi connectivity index (χ2v) is 20.3. The van der Waals surface area contributed by atoms with Gasteiger partial charge in [0.2, 0.25) is 0 Å². The number of carbonyl (C=O) groups is 3. The first-order valence-corrected chi connectivity index (χ1v) is 30.0. The smallest absolute Gasteiger partial charge is 0.306 e. The van der Waals surface area contributed by atoms with Crippen LogP contribution in [0, 0.1) is 0 Å². The number of hydrogen-bond donors (Lipinski definition) is 0. The Morgan fingerprint density at radius 3 is 0.824 bits per heavy atom. The Labute approximate surface area is 423 Å². The molecule has 0 aliphatic heterocycles. The van der Waals surface area contributed by atoms with Crippen LogP contribution in [0.3, 0.4) is 0 Å². The summed E-state index contributed by atoms with van der Waals surface area (Å²) in [7, 11) is 0. The molecular formula is C62H114O6. The largest absolute Gasteiger partial charge is 0.462 e. The molecule has 0 aromatic carbocycles. The van der Waals surface area contributed by atoms with E-state index in [0.717, 1.165) is 64.2 Å². The summed E-state index contributed by atoms with van der Waals surface area (Å²) in [6, 6.07) is 0. The van der Waals surface area contributed by atoms with Crippen LogP contribution < -0.4 is 0 Å². The number of esters is 3. The molecule has 0 N–H and O–H groups in total. The molecule has 6 heteroatoms. The number of ether oxygens (including phenoxy) is 3. The molecule has 0 rings (SSSR count). The first-order chi connectivity index (χ1) is 33.5. The van der Waals surface area contributed by atoms with Gasteiger partial charge < -0.3 is 14.2 Å². The Kier molecular flexibility index (Phi) is 55.2. The molecule has 1 unspecified atom stereocenters. The average molecular weight is 956 g/mol. The van der Waals surface area contributed by atoms with Crippen LogP contribution in [0.15, 0.2) is 36.5 Å². The third kappa shape index (κ3) is 54.6. The van der Waals surface area contributed by atoms with E-state index < -0.39 is 6.10 Å². The van der Waals surface area contributed by atoms with Crippen molar-refractivity contribution in [2.45, 2.75) is 329 Å². The molecule has 0 radical (unpaired) electrons. The third-order valence-electron chi connectivity index (χ3n) is 13.4. The zero-order valence-corrected chi connectivity index (χ0v) is 45.6. The molecule has 0 aliphatic rings. The van der Waals surface area contributed by atoms with Gasteiger partial charge in [0, 0.05) is 19.3 Å². The van der Waals surface area contributed by atoms with Crippen molar-refractivity contribution in [1.82, 2.24) is 0 Å². The van der Waals surface area contributed by atoms with Crippen LogP contribution in [-0.2, 0) is 28.6 Å². The topological polar surface area (TPSA) is 78.9 Å². The van der Waals surface area contributed by atoms with E-state index in [9.17, 15) is 14.4 Å². The van der Waals surface area contributed by atoms with Crippen LogP contribution in [0.4, 0.5) is 0 Å². The summed E-state index contributed by atoms with van der Waals surface area (Å²) in [5.74, 6) is -0.861. The Morgan fingerprint density at radius 2 is 0.529 bits per heavy atom. The van der Waals surface area contributed by atoms with Gasteiger partial charge in [0.05, 0.1) is 0 Å². The maximum atomic E-state index is 12.8. The zero-order chi connectivity index (χ0) is 49.3. The van der Waals surface area contributed by atoms with Crippen molar-refractivity contribution in [3.8, 4) is 0 Å². The van der Waals surface area contributed by atoms with E-state index in [1.807, 2.05) is 0 Å². The van der Waals surface area contributed by atoms with Crippen molar-refractivity contribution >= 4 is 17.9 Å². The van der Waals surface area contributed by atoms with Gasteiger partial charge in [-0.1, -0.05) is 263 Å². The number of hydrogen-bond acceptors (Lipinski definition) is 6. The molecule has 0 fully saturated rings. The van der Waals surface area contributed by atoms with Gasteiger partial charge in [-0.15, -0.1) is 0 Å². The fraction of sp³-hybridized carbons (Fsp3) is 0.855. The number of rotatable bonds is 55. The molecule has 0 bridgehead atoms. The van der Waals surface area contributed by atoms with E-state index in [0.29, 0.717) is 19.3 Å². The second kappa shape index (κ2) is 57.2. The van der Waals surface area contributed by atoms with Gasteiger partial charge in [0.15, 0.2) is 6.10 Å². The first-order valence-electron chi connectivity index (χ1n) is 30.0. The van der Waals surface area contributed by atoms with Gasteiger partial charge in [-0.2, -0.15) is 0 Å². The molecule has 0 spiro atoms. The predicted octanol–water partition coefficient (Wildman–Crippen LogP) is 20.0. The Bertz CT molecular complexity index is 1140. The summed E-state index contributed by atoms with van der Waals surface area (Å²) in [5.41, 5.74) is 0. The van der Waals surface area contributed by atoms with Gasteiger partial charge in [-0.25, -0.2) is 0 Å². The highest BCUT2D eigenvalue weighted by Gasteiger charge is 2.19. The maximum absolute atomic E-state index is 12.8. The van der Waals surface area contributed by atoms with E-state index >= 15 is 0 Å². The van der Waals surface area contributed by atoms with Crippen molar-refractivity contribution in [3.63, 3.8) is 0 Å². The molecule has 0 aliphatic carbocycles. The lowest BCUT2D eigenvalue weighted by molar-refractivity contribution is -0.167. The summed E-state index contributed by atoms with van der Waals surface area (Å²) >= 11 is 0. The van der Waals surface area contributed by atoms with Crippen molar-refractivity contribution < 1.29 is 28.6 Å². The van der Waals surface area contributed by atoms with Gasteiger partial charge in [0.1, 0.15) is 13.2 Å². The van der Waals surface area contributed by atoms with Gasteiger partial charge in [-0.3, -0.25) is 14.4 Å². The summed E-state index contributed by atoms with van der Waals surface area (Å²) < 4.78 is 16.9. The van der Waals surface area contributed by atoms with Crippen LogP contribution >= 0.6 is 0 Å². The number of unbranched alkanes of at least 4 members (excludes halogenated alkanes) is 38. The first kappa shape index (κ1) is 65.6. The highest BCUT2D eigenvalue weighted by molar-refractivity contribution is 5.71. The third-order valence-corrected chi connectivity index (χ3v) is 13.4. The van der Waals surface area contributed by atoms with Crippen molar-refractivity contribution in [3.05, 3.63) is 36.5 Å². The molecule has 0 aromatic rings. The molecule has 0 saturated heterocycles. The molecule has 0 aromatic heterocycles. The van der Waals surface area contributed by atoms with E-state index in [2.05, 4.69) is 57.2 Å². The molecule has 1 atom stereocenters. The predicted molar refractivity (Wildman–Crippen MR) is 293 cm³/mol. The Morgan fingerprint density at radius 1 is 0.294 bits per heavy atom. The van der Waals surface area contributed by atoms with Crippen LogP contribution in [0.1, 0.15) is 323 Å². The molecule has 6 nitrogen and oxygen atoms in total. The van der Waals surface area contributed by atoms with E-state index in [-0.39, 0.29) is 31.1 Å². The van der Waals surface area contributed by atoms with Crippen molar-refractivity contribution in [2.75, 3.05) is 13.2 Å². The summed E-state index contributed by atoms with van der Waals surface area (Å²) in [4.78, 5) is 38.1.